The monoisotopic (exact) mass is 340 g/mol. The van der Waals surface area contributed by atoms with Crippen molar-refractivity contribution in [3.8, 4) is 0 Å². The standard InChI is InChI=1S/C16H21ClN2O4/c1-3-16(2)14(21)19(15(22)18-16)8-12(20)10-23-9-11-6-4-5-7-13(11)17/h4-7,12,20H,3,8-10H2,1-2H3,(H,18,22). The molecule has 1 heterocycles. The average molecular weight is 341 g/mol. The van der Waals surface area contributed by atoms with Crippen molar-refractivity contribution in [2.75, 3.05) is 13.2 Å². The summed E-state index contributed by atoms with van der Waals surface area (Å²) in [6, 6.07) is 6.78. The molecule has 1 fully saturated rings. The van der Waals surface area contributed by atoms with Gasteiger partial charge in [-0.2, -0.15) is 0 Å². The molecule has 0 radical (unpaired) electrons. The van der Waals surface area contributed by atoms with Crippen molar-refractivity contribution in [3.05, 3.63) is 34.9 Å². The molecule has 2 rings (SSSR count). The molecule has 23 heavy (non-hydrogen) atoms. The van der Waals surface area contributed by atoms with Gasteiger partial charge in [0.2, 0.25) is 0 Å². The van der Waals surface area contributed by atoms with Crippen LogP contribution in [0.2, 0.25) is 5.02 Å². The minimum Gasteiger partial charge on any atom is -0.389 e. The number of imide groups is 1. The van der Waals surface area contributed by atoms with Gasteiger partial charge in [0.05, 0.1) is 25.9 Å². The van der Waals surface area contributed by atoms with Crippen LogP contribution in [0.3, 0.4) is 0 Å². The summed E-state index contributed by atoms with van der Waals surface area (Å²) in [5.41, 5.74) is -0.0789. The van der Waals surface area contributed by atoms with Crippen molar-refractivity contribution in [1.29, 1.82) is 0 Å². The molecule has 3 amide bonds. The molecule has 2 atom stereocenters. The van der Waals surface area contributed by atoms with Crippen LogP contribution < -0.4 is 5.32 Å². The number of amides is 3. The molecule has 0 saturated carbocycles. The van der Waals surface area contributed by atoms with Crippen molar-refractivity contribution in [1.82, 2.24) is 10.2 Å². The molecule has 0 bridgehead atoms. The molecule has 1 aromatic rings. The number of aliphatic hydroxyl groups excluding tert-OH is 1. The highest BCUT2D eigenvalue weighted by molar-refractivity contribution is 6.31. The quantitative estimate of drug-likeness (QED) is 0.743. The summed E-state index contributed by atoms with van der Waals surface area (Å²) < 4.78 is 5.42. The lowest BCUT2D eigenvalue weighted by Gasteiger charge is -2.21. The van der Waals surface area contributed by atoms with Crippen LogP contribution in [-0.4, -0.2) is 46.7 Å². The van der Waals surface area contributed by atoms with E-state index in [4.69, 9.17) is 16.3 Å². The number of β-amino-alcohol motifs (C(OH)–C–C–N with tert-alkyl or cyclic N) is 1. The summed E-state index contributed by atoms with van der Waals surface area (Å²) in [7, 11) is 0. The minimum atomic E-state index is -0.952. The van der Waals surface area contributed by atoms with Crippen LogP contribution in [0.15, 0.2) is 24.3 Å². The number of nitrogens with one attached hydrogen (secondary N) is 1. The van der Waals surface area contributed by atoms with Gasteiger partial charge in [-0.1, -0.05) is 36.7 Å². The summed E-state index contributed by atoms with van der Waals surface area (Å²) in [6.07, 6.45) is -0.459. The lowest BCUT2D eigenvalue weighted by Crippen LogP contribution is -2.44. The largest absolute Gasteiger partial charge is 0.389 e. The zero-order chi connectivity index (χ0) is 17.0. The van der Waals surface area contributed by atoms with Crippen LogP contribution in [0.1, 0.15) is 25.8 Å². The topological polar surface area (TPSA) is 78.9 Å². The van der Waals surface area contributed by atoms with E-state index in [1.54, 1.807) is 13.0 Å². The second kappa shape index (κ2) is 7.29. The Morgan fingerprint density at radius 1 is 1.39 bits per heavy atom. The second-order valence-corrected chi connectivity index (χ2v) is 6.20. The number of nitrogens with zero attached hydrogens (tertiary/aromatic N) is 1. The van der Waals surface area contributed by atoms with Gasteiger partial charge in [0.15, 0.2) is 0 Å². The highest BCUT2D eigenvalue weighted by Crippen LogP contribution is 2.21. The van der Waals surface area contributed by atoms with Crippen LogP contribution in [0.25, 0.3) is 0 Å². The number of benzene rings is 1. The lowest BCUT2D eigenvalue weighted by atomic mass is 9.99. The molecule has 7 heteroatoms. The maximum atomic E-state index is 12.2. The molecular formula is C16H21ClN2O4. The first kappa shape index (κ1) is 17.7. The van der Waals surface area contributed by atoms with Gasteiger partial charge >= 0.3 is 6.03 Å². The van der Waals surface area contributed by atoms with Crippen LogP contribution in [-0.2, 0) is 16.1 Å². The Bertz CT molecular complexity index is 595. The fraction of sp³-hybridized carbons (Fsp3) is 0.500. The number of rotatable bonds is 7. The normalized spacial score (nSPS) is 22.3. The van der Waals surface area contributed by atoms with Crippen LogP contribution in [0.4, 0.5) is 4.79 Å². The Hall–Kier alpha value is -1.63. The molecular weight excluding hydrogens is 320 g/mol. The molecule has 0 aliphatic carbocycles. The molecule has 1 saturated heterocycles. The number of urea groups is 1. The van der Waals surface area contributed by atoms with Crippen molar-refractivity contribution in [3.63, 3.8) is 0 Å². The highest BCUT2D eigenvalue weighted by atomic mass is 35.5. The Kier molecular flexibility index (Phi) is 5.62. The van der Waals surface area contributed by atoms with E-state index in [1.165, 1.54) is 0 Å². The van der Waals surface area contributed by atoms with Gasteiger partial charge in [-0.15, -0.1) is 0 Å². The molecule has 0 aromatic heterocycles. The van der Waals surface area contributed by atoms with Crippen molar-refractivity contribution in [2.24, 2.45) is 0 Å². The van der Waals surface area contributed by atoms with E-state index in [0.717, 1.165) is 10.5 Å². The third-order valence-corrected chi connectivity index (χ3v) is 4.34. The first-order valence-corrected chi connectivity index (χ1v) is 7.88. The predicted octanol–water partition coefficient (Wildman–Crippen LogP) is 1.94. The average Bonchev–Trinajstić information content (AvgIpc) is 2.73. The van der Waals surface area contributed by atoms with Gasteiger partial charge in [0.25, 0.3) is 5.91 Å². The fourth-order valence-electron chi connectivity index (χ4n) is 2.34. The fourth-order valence-corrected chi connectivity index (χ4v) is 2.53. The molecule has 126 valence electrons. The number of carbonyl (C=O) groups excluding carboxylic acids is 2. The van der Waals surface area contributed by atoms with Gasteiger partial charge in [0.1, 0.15) is 5.54 Å². The molecule has 1 aromatic carbocycles. The van der Waals surface area contributed by atoms with Gasteiger partial charge in [0, 0.05) is 5.02 Å². The van der Waals surface area contributed by atoms with E-state index >= 15 is 0 Å². The second-order valence-electron chi connectivity index (χ2n) is 5.79. The van der Waals surface area contributed by atoms with Crippen molar-refractivity contribution >= 4 is 23.5 Å². The summed E-state index contributed by atoms with van der Waals surface area (Å²) in [4.78, 5) is 25.1. The Labute approximate surface area is 140 Å². The van der Waals surface area contributed by atoms with Gasteiger partial charge in [-0.3, -0.25) is 9.69 Å². The zero-order valence-corrected chi connectivity index (χ0v) is 14.0. The first-order chi connectivity index (χ1) is 10.9. The summed E-state index contributed by atoms with van der Waals surface area (Å²) in [5, 5.41) is 13.2. The van der Waals surface area contributed by atoms with Gasteiger partial charge < -0.3 is 15.2 Å². The zero-order valence-electron chi connectivity index (χ0n) is 13.2. The number of halogens is 1. The predicted molar refractivity (Wildman–Crippen MR) is 86.1 cm³/mol. The Morgan fingerprint density at radius 2 is 2.09 bits per heavy atom. The third-order valence-electron chi connectivity index (χ3n) is 3.97. The summed E-state index contributed by atoms with van der Waals surface area (Å²) >= 11 is 6.01. The van der Waals surface area contributed by atoms with Crippen LogP contribution in [0, 0.1) is 0 Å². The molecule has 1 aliphatic rings. The van der Waals surface area contributed by atoms with E-state index in [2.05, 4.69) is 5.32 Å². The molecule has 0 spiro atoms. The number of carbonyl (C=O) groups is 2. The van der Waals surface area contributed by atoms with Gasteiger partial charge in [-0.25, -0.2) is 4.79 Å². The van der Waals surface area contributed by atoms with Gasteiger partial charge in [-0.05, 0) is 25.0 Å². The Balaban J connectivity index is 1.83. The van der Waals surface area contributed by atoms with E-state index < -0.39 is 17.7 Å². The van der Waals surface area contributed by atoms with E-state index in [9.17, 15) is 14.7 Å². The molecule has 6 nitrogen and oxygen atoms in total. The summed E-state index contributed by atoms with van der Waals surface area (Å²) in [6.45, 7) is 3.66. The van der Waals surface area contributed by atoms with E-state index in [1.807, 2.05) is 25.1 Å². The smallest absolute Gasteiger partial charge is 0.325 e. The minimum absolute atomic E-state index is 0.00508. The van der Waals surface area contributed by atoms with Crippen molar-refractivity contribution < 1.29 is 19.4 Å². The maximum Gasteiger partial charge on any atom is 0.325 e. The maximum absolute atomic E-state index is 12.2. The van der Waals surface area contributed by atoms with E-state index in [0.29, 0.717) is 11.4 Å². The number of hydrogen-bond acceptors (Lipinski definition) is 4. The number of ether oxygens (including phenoxy) is 1. The third kappa shape index (κ3) is 4.02. The number of aliphatic hydroxyl groups is 1. The SMILES string of the molecule is CCC1(C)NC(=O)N(CC(O)COCc2ccccc2Cl)C1=O. The first-order valence-electron chi connectivity index (χ1n) is 7.50. The number of hydrogen-bond donors (Lipinski definition) is 2. The molecule has 1 aliphatic heterocycles. The van der Waals surface area contributed by atoms with Crippen LogP contribution >= 0.6 is 11.6 Å². The lowest BCUT2D eigenvalue weighted by molar-refractivity contribution is -0.132. The van der Waals surface area contributed by atoms with E-state index in [-0.39, 0.29) is 25.7 Å². The highest BCUT2D eigenvalue weighted by Gasteiger charge is 2.46. The molecule has 2 N–H and O–H groups in total. The molecule has 2 unspecified atom stereocenters. The Morgan fingerprint density at radius 3 is 2.70 bits per heavy atom. The van der Waals surface area contributed by atoms with Crippen molar-refractivity contribution in [2.45, 2.75) is 38.5 Å². The summed E-state index contributed by atoms with van der Waals surface area (Å²) in [5.74, 6) is -0.324. The van der Waals surface area contributed by atoms with Crippen LogP contribution in [0.5, 0.6) is 0 Å².